The monoisotopic (exact) mass is 252 g/mol. The molecular formula is C16H12OS. The Hall–Kier alpha value is -1.80. The van der Waals surface area contributed by atoms with E-state index in [1.165, 1.54) is 0 Å². The molecular weight excluding hydrogens is 240 g/mol. The van der Waals surface area contributed by atoms with Crippen LogP contribution in [-0.2, 0) is 4.79 Å². The second-order valence-electron chi connectivity index (χ2n) is 4.15. The van der Waals surface area contributed by atoms with Gasteiger partial charge in [0.2, 0.25) is 0 Å². The van der Waals surface area contributed by atoms with Gasteiger partial charge in [0.05, 0.1) is 10.7 Å². The number of allylic oxidation sites excluding steroid dienone is 1. The number of hydrogen-bond donors (Lipinski definition) is 0. The molecule has 1 fully saturated rings. The summed E-state index contributed by atoms with van der Waals surface area (Å²) in [5.41, 5.74) is 3.29. The van der Waals surface area contributed by atoms with Gasteiger partial charge in [0.15, 0.2) is 5.78 Å². The summed E-state index contributed by atoms with van der Waals surface area (Å²) >= 11 is 1.64. The SMILES string of the molecule is O=C1CSC1=C(c1ccccc1)c1ccccc1. The lowest BCUT2D eigenvalue weighted by Gasteiger charge is -2.20. The molecule has 0 spiro atoms. The van der Waals surface area contributed by atoms with Crippen molar-refractivity contribution in [3.05, 3.63) is 76.7 Å². The van der Waals surface area contributed by atoms with Crippen LogP contribution in [0.4, 0.5) is 0 Å². The topological polar surface area (TPSA) is 17.1 Å². The Morgan fingerprint density at radius 1 is 0.833 bits per heavy atom. The molecule has 2 aromatic carbocycles. The lowest BCUT2D eigenvalue weighted by Crippen LogP contribution is -2.16. The zero-order valence-corrected chi connectivity index (χ0v) is 10.6. The lowest BCUT2D eigenvalue weighted by molar-refractivity contribution is -0.113. The Morgan fingerprint density at radius 3 is 1.67 bits per heavy atom. The molecule has 18 heavy (non-hydrogen) atoms. The molecule has 1 heterocycles. The van der Waals surface area contributed by atoms with Gasteiger partial charge in [-0.1, -0.05) is 60.7 Å². The highest BCUT2D eigenvalue weighted by molar-refractivity contribution is 8.07. The number of hydrogen-bond acceptors (Lipinski definition) is 2. The van der Waals surface area contributed by atoms with Crippen LogP contribution in [0.2, 0.25) is 0 Å². The minimum atomic E-state index is 0.253. The molecule has 1 aliphatic rings. The van der Waals surface area contributed by atoms with Crippen molar-refractivity contribution in [2.75, 3.05) is 5.75 Å². The number of carbonyl (C=O) groups excluding carboxylic acids is 1. The molecule has 0 saturated carbocycles. The van der Waals surface area contributed by atoms with Crippen molar-refractivity contribution >= 4 is 23.1 Å². The third-order valence-corrected chi connectivity index (χ3v) is 4.08. The van der Waals surface area contributed by atoms with E-state index in [2.05, 4.69) is 24.3 Å². The molecule has 0 amide bonds. The molecule has 0 aromatic heterocycles. The lowest BCUT2D eigenvalue weighted by atomic mass is 9.96. The Balaban J connectivity index is 2.18. The molecule has 0 radical (unpaired) electrons. The van der Waals surface area contributed by atoms with Crippen molar-refractivity contribution in [2.45, 2.75) is 0 Å². The van der Waals surface area contributed by atoms with E-state index in [4.69, 9.17) is 0 Å². The molecule has 88 valence electrons. The van der Waals surface area contributed by atoms with Crippen LogP contribution in [0, 0.1) is 0 Å². The number of ketones is 1. The molecule has 0 N–H and O–H groups in total. The fourth-order valence-corrected chi connectivity index (χ4v) is 2.84. The Bertz CT molecular complexity index is 558. The van der Waals surface area contributed by atoms with Crippen molar-refractivity contribution in [1.29, 1.82) is 0 Å². The zero-order valence-electron chi connectivity index (χ0n) is 9.80. The normalized spacial score (nSPS) is 14.2. The number of thioether (sulfide) groups is 1. The summed E-state index contributed by atoms with van der Waals surface area (Å²) in [4.78, 5) is 12.6. The summed E-state index contributed by atoms with van der Waals surface area (Å²) < 4.78 is 0. The number of Topliss-reactive ketones (excluding diaryl/α,β-unsaturated/α-hetero) is 1. The summed E-state index contributed by atoms with van der Waals surface area (Å²) in [6.07, 6.45) is 0. The van der Waals surface area contributed by atoms with E-state index < -0.39 is 0 Å². The highest BCUT2D eigenvalue weighted by Crippen LogP contribution is 2.39. The second kappa shape index (κ2) is 4.83. The van der Waals surface area contributed by atoms with Crippen molar-refractivity contribution in [3.63, 3.8) is 0 Å². The molecule has 1 nitrogen and oxygen atoms in total. The van der Waals surface area contributed by atoms with Crippen molar-refractivity contribution < 1.29 is 4.79 Å². The van der Waals surface area contributed by atoms with Crippen LogP contribution in [0.1, 0.15) is 11.1 Å². The molecule has 0 atom stereocenters. The third kappa shape index (κ3) is 2.00. The van der Waals surface area contributed by atoms with Gasteiger partial charge >= 0.3 is 0 Å². The van der Waals surface area contributed by atoms with Crippen molar-refractivity contribution in [2.24, 2.45) is 0 Å². The van der Waals surface area contributed by atoms with E-state index in [-0.39, 0.29) is 5.78 Å². The molecule has 2 aromatic rings. The molecule has 1 aliphatic heterocycles. The van der Waals surface area contributed by atoms with E-state index in [0.717, 1.165) is 21.6 Å². The van der Waals surface area contributed by atoms with Gasteiger partial charge in [-0.3, -0.25) is 4.79 Å². The van der Waals surface area contributed by atoms with Crippen LogP contribution >= 0.6 is 11.8 Å². The van der Waals surface area contributed by atoms with Crippen LogP contribution in [0.5, 0.6) is 0 Å². The molecule has 1 saturated heterocycles. The van der Waals surface area contributed by atoms with Gasteiger partial charge in [-0.05, 0) is 11.1 Å². The largest absolute Gasteiger partial charge is 0.293 e. The summed E-state index contributed by atoms with van der Waals surface area (Å²) in [6, 6.07) is 20.2. The average molecular weight is 252 g/mol. The molecule has 0 aliphatic carbocycles. The first-order valence-electron chi connectivity index (χ1n) is 5.87. The summed E-state index contributed by atoms with van der Waals surface area (Å²) in [6.45, 7) is 0. The van der Waals surface area contributed by atoms with E-state index in [1.807, 2.05) is 36.4 Å². The first-order valence-corrected chi connectivity index (χ1v) is 6.86. The van der Waals surface area contributed by atoms with E-state index >= 15 is 0 Å². The first-order chi connectivity index (χ1) is 8.86. The molecule has 0 bridgehead atoms. The van der Waals surface area contributed by atoms with E-state index in [0.29, 0.717) is 5.75 Å². The van der Waals surface area contributed by atoms with Crippen LogP contribution in [0.25, 0.3) is 5.57 Å². The summed E-state index contributed by atoms with van der Waals surface area (Å²) in [7, 11) is 0. The molecule has 3 rings (SSSR count). The number of carbonyl (C=O) groups is 1. The Morgan fingerprint density at radius 2 is 1.33 bits per heavy atom. The van der Waals surface area contributed by atoms with Gasteiger partial charge < -0.3 is 0 Å². The van der Waals surface area contributed by atoms with Gasteiger partial charge in [0.25, 0.3) is 0 Å². The maximum atomic E-state index is 11.7. The maximum Gasteiger partial charge on any atom is 0.180 e. The number of rotatable bonds is 2. The predicted octanol–water partition coefficient (Wildman–Crippen LogP) is 3.76. The quantitative estimate of drug-likeness (QED) is 0.757. The van der Waals surface area contributed by atoms with Crippen molar-refractivity contribution in [1.82, 2.24) is 0 Å². The van der Waals surface area contributed by atoms with E-state index in [1.54, 1.807) is 11.8 Å². The van der Waals surface area contributed by atoms with Crippen LogP contribution in [-0.4, -0.2) is 11.5 Å². The minimum Gasteiger partial charge on any atom is -0.293 e. The van der Waals surface area contributed by atoms with Crippen molar-refractivity contribution in [3.8, 4) is 0 Å². The fraction of sp³-hybridized carbons (Fsp3) is 0.0625. The third-order valence-electron chi connectivity index (χ3n) is 2.95. The average Bonchev–Trinajstić information content (AvgIpc) is 2.45. The van der Waals surface area contributed by atoms with Gasteiger partial charge in [0, 0.05) is 5.57 Å². The van der Waals surface area contributed by atoms with Gasteiger partial charge in [-0.25, -0.2) is 0 Å². The fourth-order valence-electron chi connectivity index (χ4n) is 2.05. The molecule has 2 heteroatoms. The summed E-state index contributed by atoms with van der Waals surface area (Å²) in [5, 5.41) is 0. The molecule has 0 unspecified atom stereocenters. The predicted molar refractivity (Wildman–Crippen MR) is 76.4 cm³/mol. The van der Waals surface area contributed by atoms with Gasteiger partial charge in [0.1, 0.15) is 0 Å². The standard InChI is InChI=1S/C16H12OS/c17-14-11-18-16(14)15(12-7-3-1-4-8-12)13-9-5-2-6-10-13/h1-10H,11H2. The zero-order chi connectivity index (χ0) is 12.4. The second-order valence-corrected chi connectivity index (χ2v) is 5.13. The highest BCUT2D eigenvalue weighted by atomic mass is 32.2. The smallest absolute Gasteiger partial charge is 0.180 e. The Labute approximate surface area is 111 Å². The number of benzene rings is 2. The Kier molecular flexibility index (Phi) is 3.03. The summed E-state index contributed by atoms with van der Waals surface area (Å²) in [5.74, 6) is 0.862. The van der Waals surface area contributed by atoms with Gasteiger partial charge in [-0.2, -0.15) is 0 Å². The first kappa shape index (κ1) is 11.3. The van der Waals surface area contributed by atoms with Crippen LogP contribution in [0.15, 0.2) is 65.6 Å². The van der Waals surface area contributed by atoms with Crippen LogP contribution in [0.3, 0.4) is 0 Å². The highest BCUT2D eigenvalue weighted by Gasteiger charge is 2.26. The maximum absolute atomic E-state index is 11.7. The van der Waals surface area contributed by atoms with Gasteiger partial charge in [-0.15, -0.1) is 11.8 Å². The van der Waals surface area contributed by atoms with E-state index in [9.17, 15) is 4.79 Å². The minimum absolute atomic E-state index is 0.253. The van der Waals surface area contributed by atoms with Crippen LogP contribution < -0.4 is 0 Å².